The van der Waals surface area contributed by atoms with Crippen LogP contribution in [0.25, 0.3) is 0 Å². The Morgan fingerprint density at radius 3 is 2.74 bits per heavy atom. The summed E-state index contributed by atoms with van der Waals surface area (Å²) in [4.78, 5) is 13.6. The molecule has 0 radical (unpaired) electrons. The second-order valence-corrected chi connectivity index (χ2v) is 5.60. The third kappa shape index (κ3) is 4.45. The van der Waals surface area contributed by atoms with Crippen LogP contribution in [-0.4, -0.2) is 43.7 Å². The van der Waals surface area contributed by atoms with Crippen molar-refractivity contribution in [2.45, 2.75) is 32.1 Å². The first kappa shape index (κ1) is 17.7. The number of carbonyl (C=O) groups is 1. The van der Waals surface area contributed by atoms with E-state index < -0.39 is 17.7 Å². The summed E-state index contributed by atoms with van der Waals surface area (Å²) in [6.07, 6.45) is -3.58. The molecule has 1 aromatic rings. The van der Waals surface area contributed by atoms with E-state index >= 15 is 0 Å². The lowest BCUT2D eigenvalue weighted by Crippen LogP contribution is -2.29. The van der Waals surface area contributed by atoms with Crippen LogP contribution >= 0.6 is 0 Å². The van der Waals surface area contributed by atoms with Gasteiger partial charge in [-0.15, -0.1) is 0 Å². The normalized spacial score (nSPS) is 19.1. The molecule has 23 heavy (non-hydrogen) atoms. The summed E-state index contributed by atoms with van der Waals surface area (Å²) in [5, 5.41) is 3.14. The zero-order valence-electron chi connectivity index (χ0n) is 13.2. The molecule has 1 saturated heterocycles. The Balaban J connectivity index is 2.23. The van der Waals surface area contributed by atoms with Crippen LogP contribution in [0.4, 0.5) is 13.2 Å². The Morgan fingerprint density at radius 1 is 1.43 bits per heavy atom. The lowest BCUT2D eigenvalue weighted by atomic mass is 10.0. The largest absolute Gasteiger partial charge is 0.462 e. The SMILES string of the molecule is CCOC(=O)c1ccc(CN2CCC(NC)C2)c(C(F)(F)F)c1. The minimum Gasteiger partial charge on any atom is -0.462 e. The van der Waals surface area contributed by atoms with Gasteiger partial charge in [0.1, 0.15) is 0 Å². The van der Waals surface area contributed by atoms with Crippen LogP contribution in [-0.2, 0) is 17.5 Å². The predicted molar refractivity (Wildman–Crippen MR) is 80.1 cm³/mol. The highest BCUT2D eigenvalue weighted by molar-refractivity contribution is 5.89. The number of hydrogen-bond donors (Lipinski definition) is 1. The Morgan fingerprint density at radius 2 is 2.17 bits per heavy atom. The smallest absolute Gasteiger partial charge is 0.416 e. The number of esters is 1. The number of alkyl halides is 3. The highest BCUT2D eigenvalue weighted by atomic mass is 19.4. The minimum atomic E-state index is -4.50. The van der Waals surface area contributed by atoms with Crippen molar-refractivity contribution in [2.24, 2.45) is 0 Å². The molecule has 0 aromatic heterocycles. The van der Waals surface area contributed by atoms with Gasteiger partial charge in [0.15, 0.2) is 0 Å². The first-order chi connectivity index (χ1) is 10.8. The summed E-state index contributed by atoms with van der Waals surface area (Å²) in [5.74, 6) is -0.735. The number of ether oxygens (including phenoxy) is 1. The number of likely N-dealkylation sites (N-methyl/N-ethyl adjacent to an activating group) is 1. The molecule has 7 heteroatoms. The second-order valence-electron chi connectivity index (χ2n) is 5.60. The number of halogens is 3. The molecule has 1 aromatic carbocycles. The molecule has 1 aliphatic rings. The summed E-state index contributed by atoms with van der Waals surface area (Å²) >= 11 is 0. The van der Waals surface area contributed by atoms with Gasteiger partial charge in [0.05, 0.1) is 17.7 Å². The van der Waals surface area contributed by atoms with E-state index in [-0.39, 0.29) is 24.3 Å². The molecule has 4 nitrogen and oxygen atoms in total. The zero-order valence-corrected chi connectivity index (χ0v) is 13.2. The number of nitrogens with one attached hydrogen (secondary N) is 1. The van der Waals surface area contributed by atoms with Crippen LogP contribution in [0.1, 0.15) is 34.8 Å². The molecule has 2 rings (SSSR count). The summed E-state index contributed by atoms with van der Waals surface area (Å²) in [7, 11) is 1.85. The Labute approximate surface area is 133 Å². The molecule has 1 atom stereocenters. The highest BCUT2D eigenvalue weighted by Crippen LogP contribution is 2.34. The number of hydrogen-bond acceptors (Lipinski definition) is 4. The van der Waals surface area contributed by atoms with E-state index in [0.29, 0.717) is 12.6 Å². The van der Waals surface area contributed by atoms with E-state index in [1.807, 2.05) is 11.9 Å². The molecule has 0 aliphatic carbocycles. The Kier molecular flexibility index (Phi) is 5.64. The molecular formula is C16H21F3N2O2. The van der Waals surface area contributed by atoms with Gasteiger partial charge in [0.2, 0.25) is 0 Å². The van der Waals surface area contributed by atoms with E-state index in [0.717, 1.165) is 19.0 Å². The first-order valence-electron chi connectivity index (χ1n) is 7.62. The van der Waals surface area contributed by atoms with E-state index in [9.17, 15) is 18.0 Å². The molecule has 128 valence electrons. The minimum absolute atomic E-state index is 0.0718. The van der Waals surface area contributed by atoms with Crippen molar-refractivity contribution in [3.8, 4) is 0 Å². The fraction of sp³-hybridized carbons (Fsp3) is 0.562. The van der Waals surface area contributed by atoms with Gasteiger partial charge in [-0.2, -0.15) is 13.2 Å². The average Bonchev–Trinajstić information content (AvgIpc) is 2.94. The van der Waals surface area contributed by atoms with E-state index in [1.54, 1.807) is 6.92 Å². The molecule has 1 N–H and O–H groups in total. The van der Waals surface area contributed by atoms with Gasteiger partial charge in [-0.25, -0.2) is 4.79 Å². The Bertz CT molecular complexity index is 561. The fourth-order valence-corrected chi connectivity index (χ4v) is 2.77. The van der Waals surface area contributed by atoms with Crippen LogP contribution in [0.5, 0.6) is 0 Å². The number of nitrogens with zero attached hydrogens (tertiary/aromatic N) is 1. The summed E-state index contributed by atoms with van der Waals surface area (Å²) < 4.78 is 44.7. The van der Waals surface area contributed by atoms with Crippen LogP contribution in [0.3, 0.4) is 0 Å². The third-order valence-electron chi connectivity index (χ3n) is 4.00. The van der Waals surface area contributed by atoms with Gasteiger partial charge >= 0.3 is 12.1 Å². The second kappa shape index (κ2) is 7.31. The molecule has 0 bridgehead atoms. The molecule has 1 unspecified atom stereocenters. The highest BCUT2D eigenvalue weighted by Gasteiger charge is 2.35. The molecular weight excluding hydrogens is 309 g/mol. The summed E-state index contributed by atoms with van der Waals surface area (Å²) in [6.45, 7) is 3.43. The van der Waals surface area contributed by atoms with E-state index in [1.165, 1.54) is 12.1 Å². The van der Waals surface area contributed by atoms with Crippen molar-refractivity contribution in [3.05, 3.63) is 34.9 Å². The van der Waals surface area contributed by atoms with Crippen molar-refractivity contribution in [3.63, 3.8) is 0 Å². The predicted octanol–water partition coefficient (Wildman–Crippen LogP) is 2.68. The topological polar surface area (TPSA) is 41.6 Å². The van der Waals surface area contributed by atoms with Crippen LogP contribution in [0.2, 0.25) is 0 Å². The fourth-order valence-electron chi connectivity index (χ4n) is 2.77. The number of carbonyl (C=O) groups excluding carboxylic acids is 1. The molecule has 0 spiro atoms. The van der Waals surface area contributed by atoms with Gasteiger partial charge in [-0.3, -0.25) is 4.90 Å². The maximum Gasteiger partial charge on any atom is 0.416 e. The lowest BCUT2D eigenvalue weighted by Gasteiger charge is -2.20. The third-order valence-corrected chi connectivity index (χ3v) is 4.00. The van der Waals surface area contributed by atoms with E-state index in [4.69, 9.17) is 4.74 Å². The average molecular weight is 330 g/mol. The van der Waals surface area contributed by atoms with Crippen molar-refractivity contribution in [2.75, 3.05) is 26.7 Å². The van der Waals surface area contributed by atoms with Crippen LogP contribution in [0.15, 0.2) is 18.2 Å². The summed E-state index contributed by atoms with van der Waals surface area (Å²) in [6, 6.07) is 3.97. The van der Waals surface area contributed by atoms with Crippen molar-refractivity contribution < 1.29 is 22.7 Å². The maximum absolute atomic E-state index is 13.3. The van der Waals surface area contributed by atoms with Crippen LogP contribution < -0.4 is 5.32 Å². The zero-order chi connectivity index (χ0) is 17.0. The number of benzene rings is 1. The Hall–Kier alpha value is -1.60. The van der Waals surface area contributed by atoms with Crippen LogP contribution in [0, 0.1) is 0 Å². The number of rotatable bonds is 5. The van der Waals surface area contributed by atoms with Gasteiger partial charge in [0.25, 0.3) is 0 Å². The molecule has 1 fully saturated rings. The standard InChI is InChI=1S/C16H21F3N2O2/c1-3-23-15(22)11-4-5-12(14(8-11)16(17,18)19)9-21-7-6-13(10-21)20-2/h4-5,8,13,20H,3,6-7,9-10H2,1-2H3. The number of likely N-dealkylation sites (tertiary alicyclic amines) is 1. The van der Waals surface area contributed by atoms with Crippen molar-refractivity contribution in [1.82, 2.24) is 10.2 Å². The monoisotopic (exact) mass is 330 g/mol. The van der Waals surface area contributed by atoms with Gasteiger partial charge in [-0.05, 0) is 38.1 Å². The molecule has 1 heterocycles. The van der Waals surface area contributed by atoms with Gasteiger partial charge in [0, 0.05) is 25.7 Å². The quantitative estimate of drug-likeness (QED) is 0.843. The molecule has 0 amide bonds. The van der Waals surface area contributed by atoms with Crippen molar-refractivity contribution >= 4 is 5.97 Å². The van der Waals surface area contributed by atoms with E-state index in [2.05, 4.69) is 5.32 Å². The van der Waals surface area contributed by atoms with Gasteiger partial charge < -0.3 is 10.1 Å². The maximum atomic E-state index is 13.3. The molecule has 0 saturated carbocycles. The first-order valence-corrected chi connectivity index (χ1v) is 7.62. The lowest BCUT2D eigenvalue weighted by molar-refractivity contribution is -0.138. The van der Waals surface area contributed by atoms with Crippen molar-refractivity contribution in [1.29, 1.82) is 0 Å². The molecule has 1 aliphatic heterocycles. The summed E-state index contributed by atoms with van der Waals surface area (Å²) in [5.41, 5.74) is -0.657. The van der Waals surface area contributed by atoms with Gasteiger partial charge in [-0.1, -0.05) is 6.07 Å².